The van der Waals surface area contributed by atoms with Crippen LogP contribution in [0, 0.1) is 6.92 Å². The van der Waals surface area contributed by atoms with Crippen molar-refractivity contribution in [3.8, 4) is 10.4 Å². The molecule has 1 aliphatic carbocycles. The van der Waals surface area contributed by atoms with Crippen LogP contribution in [0.4, 0.5) is 22.5 Å². The molecule has 182 valence electrons. The van der Waals surface area contributed by atoms with E-state index in [1.54, 1.807) is 20.5 Å². The summed E-state index contributed by atoms with van der Waals surface area (Å²) in [5, 5.41) is 3.81. The fourth-order valence-electron chi connectivity index (χ4n) is 4.87. The minimum atomic E-state index is -3.25. The number of sulfonamides is 1. The van der Waals surface area contributed by atoms with E-state index in [1.807, 2.05) is 37.3 Å². The van der Waals surface area contributed by atoms with E-state index in [1.165, 1.54) is 0 Å². The fraction of sp³-hybridized carbons (Fsp3) is 0.400. The maximum atomic E-state index is 12.9. The van der Waals surface area contributed by atoms with Crippen molar-refractivity contribution in [1.82, 2.24) is 9.97 Å². The first-order valence-electron chi connectivity index (χ1n) is 12.1. The summed E-state index contributed by atoms with van der Waals surface area (Å²) in [6.07, 6.45) is 4.67. The Balaban J connectivity index is 1.25. The van der Waals surface area contributed by atoms with Crippen LogP contribution in [-0.2, 0) is 21.2 Å². The number of aromatic nitrogens is 2. The van der Waals surface area contributed by atoms with Crippen LogP contribution in [0.1, 0.15) is 43.4 Å². The molecule has 3 aromatic rings. The van der Waals surface area contributed by atoms with Gasteiger partial charge in [0.05, 0.1) is 21.5 Å². The summed E-state index contributed by atoms with van der Waals surface area (Å²) < 4.78 is 27.4. The molecule has 0 spiro atoms. The van der Waals surface area contributed by atoms with Crippen molar-refractivity contribution >= 4 is 49.7 Å². The quantitative estimate of drug-likeness (QED) is 0.521. The van der Waals surface area contributed by atoms with Gasteiger partial charge in [-0.2, -0.15) is 0 Å². The van der Waals surface area contributed by atoms with Crippen LogP contribution in [0.25, 0.3) is 10.4 Å². The number of thiazole rings is 1. The fourth-order valence-corrected chi connectivity index (χ4v) is 7.77. The number of nitrogens with one attached hydrogen (secondary N) is 1. The zero-order valence-corrected chi connectivity index (χ0v) is 21.2. The molecule has 1 N–H and O–H groups in total. The summed E-state index contributed by atoms with van der Waals surface area (Å²) in [5.41, 5.74) is 3.85. The zero-order valence-electron chi connectivity index (χ0n) is 19.5. The highest BCUT2D eigenvalue weighted by Gasteiger charge is 2.41. The van der Waals surface area contributed by atoms with Gasteiger partial charge in [-0.3, -0.25) is 14.0 Å². The Morgan fingerprint density at radius 2 is 1.89 bits per heavy atom. The average Bonchev–Trinajstić information content (AvgIpc) is 3.54. The molecule has 1 saturated carbocycles. The largest absolute Gasteiger partial charge is 0.316 e. The number of rotatable bonds is 6. The number of fused-ring (bicyclic) bond motifs is 1. The van der Waals surface area contributed by atoms with Crippen molar-refractivity contribution in [2.45, 2.75) is 50.7 Å². The molecular weight excluding hydrogens is 482 g/mol. The number of carbonyl (C=O) groups excluding carboxylic acids is 1. The molecule has 2 fully saturated rings. The number of amides is 1. The molecule has 2 aromatic heterocycles. The maximum Gasteiger partial charge on any atom is 0.238 e. The smallest absolute Gasteiger partial charge is 0.238 e. The van der Waals surface area contributed by atoms with E-state index in [0.717, 1.165) is 64.6 Å². The molecule has 3 aliphatic rings. The first kappa shape index (κ1) is 22.5. The molecule has 6 rings (SSSR count). The van der Waals surface area contributed by atoms with Crippen LogP contribution >= 0.6 is 11.3 Å². The maximum absolute atomic E-state index is 12.9. The number of aryl methyl sites for hydroxylation is 2. The number of hydrogen-bond acceptors (Lipinski definition) is 7. The monoisotopic (exact) mass is 509 g/mol. The van der Waals surface area contributed by atoms with Gasteiger partial charge in [0.1, 0.15) is 11.6 Å². The number of hydrogen-bond donors (Lipinski definition) is 1. The molecule has 0 radical (unpaired) electrons. The standard InChI is InChI=1S/C25H27N5O3S2/c1-16-24(18-9-12-20-17(15-18)5-3-14-30(20)35(32,33)19-10-11-19)34-25(26-16)28-21-6-2-7-22(27-21)29-13-4-8-23(29)31/h2,6-7,9,12,15,19H,3-5,8,10-11,13-14H2,1H3,(H,26,27,28). The van der Waals surface area contributed by atoms with Crippen LogP contribution < -0.4 is 14.5 Å². The summed E-state index contributed by atoms with van der Waals surface area (Å²) in [6, 6.07) is 11.7. The summed E-state index contributed by atoms with van der Waals surface area (Å²) in [6.45, 7) is 3.24. The lowest BCUT2D eigenvalue weighted by atomic mass is 10.00. The van der Waals surface area contributed by atoms with Crippen molar-refractivity contribution in [3.63, 3.8) is 0 Å². The SMILES string of the molecule is Cc1nc(Nc2cccc(N3CCCC3=O)n2)sc1-c1ccc2c(c1)CCCN2S(=O)(=O)C1CC1. The molecule has 1 aromatic carbocycles. The zero-order chi connectivity index (χ0) is 24.2. The molecule has 35 heavy (non-hydrogen) atoms. The summed E-state index contributed by atoms with van der Waals surface area (Å²) in [5.74, 6) is 1.41. The van der Waals surface area contributed by atoms with Crippen molar-refractivity contribution in [2.75, 3.05) is 27.6 Å². The molecule has 0 atom stereocenters. The Morgan fingerprint density at radius 1 is 1.06 bits per heavy atom. The third-order valence-electron chi connectivity index (χ3n) is 6.79. The van der Waals surface area contributed by atoms with Gasteiger partial charge < -0.3 is 5.32 Å². The van der Waals surface area contributed by atoms with Gasteiger partial charge in [-0.05, 0) is 74.4 Å². The summed E-state index contributed by atoms with van der Waals surface area (Å²) in [7, 11) is -3.25. The predicted octanol–water partition coefficient (Wildman–Crippen LogP) is 4.63. The van der Waals surface area contributed by atoms with Gasteiger partial charge in [0.2, 0.25) is 15.9 Å². The van der Waals surface area contributed by atoms with Gasteiger partial charge in [0, 0.05) is 19.5 Å². The molecule has 0 bridgehead atoms. The summed E-state index contributed by atoms with van der Waals surface area (Å²) >= 11 is 1.54. The van der Waals surface area contributed by atoms with E-state index in [4.69, 9.17) is 4.98 Å². The number of pyridine rings is 1. The minimum absolute atomic E-state index is 0.109. The number of benzene rings is 1. The second kappa shape index (κ2) is 8.60. The number of anilines is 4. The van der Waals surface area contributed by atoms with E-state index in [0.29, 0.717) is 31.1 Å². The van der Waals surface area contributed by atoms with Gasteiger partial charge in [-0.1, -0.05) is 23.5 Å². The Kier molecular flexibility index (Phi) is 5.52. The van der Waals surface area contributed by atoms with Crippen LogP contribution in [0.3, 0.4) is 0 Å². The highest BCUT2D eigenvalue weighted by atomic mass is 32.2. The topological polar surface area (TPSA) is 95.5 Å². The van der Waals surface area contributed by atoms with E-state index in [-0.39, 0.29) is 11.2 Å². The van der Waals surface area contributed by atoms with Crippen molar-refractivity contribution in [2.24, 2.45) is 0 Å². The lowest BCUT2D eigenvalue weighted by molar-refractivity contribution is -0.117. The van der Waals surface area contributed by atoms with E-state index < -0.39 is 10.0 Å². The molecule has 4 heterocycles. The summed E-state index contributed by atoms with van der Waals surface area (Å²) in [4.78, 5) is 24.2. The van der Waals surface area contributed by atoms with Gasteiger partial charge in [-0.15, -0.1) is 0 Å². The van der Waals surface area contributed by atoms with E-state index in [2.05, 4.69) is 16.4 Å². The molecular formula is C25H27N5O3S2. The van der Waals surface area contributed by atoms with Crippen molar-refractivity contribution in [3.05, 3.63) is 47.7 Å². The normalized spacial score (nSPS) is 18.1. The highest BCUT2D eigenvalue weighted by Crippen LogP contribution is 2.41. The minimum Gasteiger partial charge on any atom is -0.316 e. The van der Waals surface area contributed by atoms with Crippen LogP contribution in [-0.4, -0.2) is 42.6 Å². The number of nitrogens with zero attached hydrogens (tertiary/aromatic N) is 4. The molecule has 1 saturated heterocycles. The third-order valence-corrected chi connectivity index (χ3v) is 10.2. The average molecular weight is 510 g/mol. The second-order valence-electron chi connectivity index (χ2n) is 9.35. The lowest BCUT2D eigenvalue weighted by Crippen LogP contribution is -2.37. The number of carbonyl (C=O) groups is 1. The molecule has 0 unspecified atom stereocenters. The molecule has 8 nitrogen and oxygen atoms in total. The van der Waals surface area contributed by atoms with Gasteiger partial charge in [0.25, 0.3) is 0 Å². The molecule has 1 amide bonds. The van der Waals surface area contributed by atoms with Gasteiger partial charge in [-0.25, -0.2) is 18.4 Å². The first-order valence-corrected chi connectivity index (χ1v) is 14.4. The predicted molar refractivity (Wildman–Crippen MR) is 139 cm³/mol. The lowest BCUT2D eigenvalue weighted by Gasteiger charge is -2.31. The van der Waals surface area contributed by atoms with E-state index in [9.17, 15) is 13.2 Å². The van der Waals surface area contributed by atoms with Gasteiger partial charge in [0.15, 0.2) is 5.13 Å². The Hall–Kier alpha value is -2.98. The van der Waals surface area contributed by atoms with Crippen molar-refractivity contribution < 1.29 is 13.2 Å². The first-order chi connectivity index (χ1) is 16.9. The molecule has 10 heteroatoms. The van der Waals surface area contributed by atoms with Crippen LogP contribution in [0.5, 0.6) is 0 Å². The van der Waals surface area contributed by atoms with Gasteiger partial charge >= 0.3 is 0 Å². The Bertz CT molecular complexity index is 1410. The second-order valence-corrected chi connectivity index (χ2v) is 12.5. The third kappa shape index (κ3) is 4.18. The van der Waals surface area contributed by atoms with E-state index >= 15 is 0 Å². The highest BCUT2D eigenvalue weighted by molar-refractivity contribution is 7.93. The van der Waals surface area contributed by atoms with Crippen LogP contribution in [0.2, 0.25) is 0 Å². The van der Waals surface area contributed by atoms with Crippen molar-refractivity contribution in [1.29, 1.82) is 0 Å². The Labute approximate surface area is 209 Å². The van der Waals surface area contributed by atoms with Crippen LogP contribution in [0.15, 0.2) is 36.4 Å². The molecule has 2 aliphatic heterocycles. The Morgan fingerprint density at radius 3 is 2.66 bits per heavy atom.